The smallest absolute Gasteiger partial charge is 0.137 e. The maximum absolute atomic E-state index is 5.63. The summed E-state index contributed by atoms with van der Waals surface area (Å²) < 4.78 is 5.12. The number of ether oxygens (including phenoxy) is 1. The third-order valence-electron chi connectivity index (χ3n) is 2.72. The molecule has 0 aliphatic carbocycles. The van der Waals surface area contributed by atoms with Gasteiger partial charge in [-0.25, -0.2) is 0 Å². The SMILES string of the molecule is COc1cncc(C(C)C(C)CN)c1. The molecule has 0 fully saturated rings. The van der Waals surface area contributed by atoms with E-state index in [1.807, 2.05) is 12.3 Å². The molecule has 1 heterocycles. The summed E-state index contributed by atoms with van der Waals surface area (Å²) in [5.41, 5.74) is 6.81. The van der Waals surface area contributed by atoms with E-state index in [1.54, 1.807) is 13.3 Å². The van der Waals surface area contributed by atoms with E-state index >= 15 is 0 Å². The first-order valence-corrected chi connectivity index (χ1v) is 4.88. The van der Waals surface area contributed by atoms with Gasteiger partial charge in [-0.2, -0.15) is 0 Å². The van der Waals surface area contributed by atoms with E-state index in [1.165, 1.54) is 5.56 Å². The van der Waals surface area contributed by atoms with Gasteiger partial charge in [-0.05, 0) is 30.0 Å². The number of hydrogen-bond acceptors (Lipinski definition) is 3. The van der Waals surface area contributed by atoms with E-state index in [4.69, 9.17) is 10.5 Å². The van der Waals surface area contributed by atoms with Crippen LogP contribution in [-0.4, -0.2) is 18.6 Å². The van der Waals surface area contributed by atoms with E-state index in [2.05, 4.69) is 18.8 Å². The summed E-state index contributed by atoms with van der Waals surface area (Å²) in [6, 6.07) is 2.02. The molecule has 14 heavy (non-hydrogen) atoms. The summed E-state index contributed by atoms with van der Waals surface area (Å²) in [6.45, 7) is 5.00. The zero-order chi connectivity index (χ0) is 10.6. The highest BCUT2D eigenvalue weighted by Gasteiger charge is 2.13. The number of methoxy groups -OCH3 is 1. The number of pyridine rings is 1. The topological polar surface area (TPSA) is 48.1 Å². The molecular formula is C11H18N2O. The van der Waals surface area contributed by atoms with Gasteiger partial charge in [0.05, 0.1) is 13.3 Å². The van der Waals surface area contributed by atoms with Gasteiger partial charge in [-0.15, -0.1) is 0 Å². The number of nitrogens with two attached hydrogens (primary N) is 1. The average Bonchev–Trinajstić information content (AvgIpc) is 2.27. The fourth-order valence-corrected chi connectivity index (χ4v) is 1.33. The summed E-state index contributed by atoms with van der Waals surface area (Å²) in [4.78, 5) is 4.13. The Hall–Kier alpha value is -1.09. The molecule has 2 N–H and O–H groups in total. The number of rotatable bonds is 4. The minimum Gasteiger partial charge on any atom is -0.495 e. The third-order valence-corrected chi connectivity index (χ3v) is 2.72. The standard InChI is InChI=1S/C11H18N2O/c1-8(5-12)9(2)10-4-11(14-3)7-13-6-10/h4,6-9H,5,12H2,1-3H3. The van der Waals surface area contributed by atoms with Crippen LogP contribution >= 0.6 is 0 Å². The Morgan fingerprint density at radius 3 is 2.71 bits per heavy atom. The Morgan fingerprint density at radius 1 is 1.43 bits per heavy atom. The molecule has 3 heteroatoms. The largest absolute Gasteiger partial charge is 0.495 e. The quantitative estimate of drug-likeness (QED) is 0.795. The zero-order valence-electron chi connectivity index (χ0n) is 9.03. The maximum Gasteiger partial charge on any atom is 0.137 e. The second-order valence-corrected chi connectivity index (χ2v) is 3.66. The number of nitrogens with zero attached hydrogens (tertiary/aromatic N) is 1. The molecule has 0 amide bonds. The lowest BCUT2D eigenvalue weighted by Gasteiger charge is -2.18. The van der Waals surface area contributed by atoms with Crippen molar-refractivity contribution in [3.05, 3.63) is 24.0 Å². The van der Waals surface area contributed by atoms with Gasteiger partial charge in [0.1, 0.15) is 5.75 Å². The molecule has 1 aromatic heterocycles. The van der Waals surface area contributed by atoms with Crippen LogP contribution in [0, 0.1) is 5.92 Å². The summed E-state index contributed by atoms with van der Waals surface area (Å²) in [7, 11) is 1.65. The predicted molar refractivity (Wildman–Crippen MR) is 57.4 cm³/mol. The molecule has 0 saturated carbocycles. The van der Waals surface area contributed by atoms with Crippen LogP contribution < -0.4 is 10.5 Å². The van der Waals surface area contributed by atoms with Crippen molar-refractivity contribution in [1.29, 1.82) is 0 Å². The van der Waals surface area contributed by atoms with Crippen LogP contribution in [0.5, 0.6) is 5.75 Å². The van der Waals surface area contributed by atoms with Crippen molar-refractivity contribution in [2.75, 3.05) is 13.7 Å². The molecule has 0 saturated heterocycles. The molecule has 2 unspecified atom stereocenters. The molecule has 0 bridgehead atoms. The highest BCUT2D eigenvalue weighted by molar-refractivity contribution is 5.26. The Bertz CT molecular complexity index is 288. The molecule has 1 rings (SSSR count). The van der Waals surface area contributed by atoms with Crippen LogP contribution in [0.4, 0.5) is 0 Å². The lowest BCUT2D eigenvalue weighted by Crippen LogP contribution is -2.17. The second kappa shape index (κ2) is 4.96. The summed E-state index contributed by atoms with van der Waals surface area (Å²) >= 11 is 0. The molecule has 0 aliphatic heterocycles. The minimum absolute atomic E-state index is 0.419. The molecule has 3 nitrogen and oxygen atoms in total. The van der Waals surface area contributed by atoms with E-state index in [0.717, 1.165) is 5.75 Å². The maximum atomic E-state index is 5.63. The predicted octanol–water partition coefficient (Wildman–Crippen LogP) is 1.79. The highest BCUT2D eigenvalue weighted by Crippen LogP contribution is 2.25. The summed E-state index contributed by atoms with van der Waals surface area (Å²) in [6.07, 6.45) is 3.59. The first-order valence-electron chi connectivity index (χ1n) is 4.88. The third kappa shape index (κ3) is 2.45. The Morgan fingerprint density at radius 2 is 2.14 bits per heavy atom. The van der Waals surface area contributed by atoms with Crippen molar-refractivity contribution in [2.24, 2.45) is 11.7 Å². The molecule has 78 valence electrons. The first-order chi connectivity index (χ1) is 6.69. The lowest BCUT2D eigenvalue weighted by molar-refractivity contribution is 0.410. The Balaban J connectivity index is 2.83. The monoisotopic (exact) mass is 194 g/mol. The summed E-state index contributed by atoms with van der Waals surface area (Å²) in [5, 5.41) is 0. The van der Waals surface area contributed by atoms with E-state index < -0.39 is 0 Å². The van der Waals surface area contributed by atoms with Gasteiger partial charge in [0.2, 0.25) is 0 Å². The molecule has 2 atom stereocenters. The zero-order valence-corrected chi connectivity index (χ0v) is 9.03. The summed E-state index contributed by atoms with van der Waals surface area (Å²) in [5.74, 6) is 1.69. The van der Waals surface area contributed by atoms with Gasteiger partial charge < -0.3 is 10.5 Å². The van der Waals surface area contributed by atoms with Gasteiger partial charge in [-0.1, -0.05) is 13.8 Å². The van der Waals surface area contributed by atoms with Crippen LogP contribution in [0.25, 0.3) is 0 Å². The van der Waals surface area contributed by atoms with Crippen molar-refractivity contribution in [3.8, 4) is 5.75 Å². The van der Waals surface area contributed by atoms with E-state index in [9.17, 15) is 0 Å². The van der Waals surface area contributed by atoms with Gasteiger partial charge in [0.15, 0.2) is 0 Å². The van der Waals surface area contributed by atoms with Gasteiger partial charge >= 0.3 is 0 Å². The first kappa shape index (κ1) is 11.0. The van der Waals surface area contributed by atoms with Crippen molar-refractivity contribution in [2.45, 2.75) is 19.8 Å². The van der Waals surface area contributed by atoms with Gasteiger partial charge in [0.25, 0.3) is 0 Å². The fourth-order valence-electron chi connectivity index (χ4n) is 1.33. The molecule has 0 aliphatic rings. The molecular weight excluding hydrogens is 176 g/mol. The lowest BCUT2D eigenvalue weighted by atomic mass is 9.90. The van der Waals surface area contributed by atoms with Crippen LogP contribution in [-0.2, 0) is 0 Å². The van der Waals surface area contributed by atoms with Crippen LogP contribution in [0.2, 0.25) is 0 Å². The van der Waals surface area contributed by atoms with Crippen LogP contribution in [0.15, 0.2) is 18.5 Å². The fraction of sp³-hybridized carbons (Fsp3) is 0.545. The minimum atomic E-state index is 0.419. The van der Waals surface area contributed by atoms with Gasteiger partial charge in [0, 0.05) is 6.20 Å². The van der Waals surface area contributed by atoms with Crippen LogP contribution in [0.3, 0.4) is 0 Å². The Labute approximate surface area is 85.3 Å². The van der Waals surface area contributed by atoms with Crippen molar-refractivity contribution in [3.63, 3.8) is 0 Å². The normalized spacial score (nSPS) is 14.9. The van der Waals surface area contributed by atoms with Crippen LogP contribution in [0.1, 0.15) is 25.3 Å². The van der Waals surface area contributed by atoms with E-state index in [0.29, 0.717) is 18.4 Å². The molecule has 0 spiro atoms. The van der Waals surface area contributed by atoms with E-state index in [-0.39, 0.29) is 0 Å². The molecule has 0 aromatic carbocycles. The van der Waals surface area contributed by atoms with Crippen molar-refractivity contribution in [1.82, 2.24) is 4.98 Å². The van der Waals surface area contributed by atoms with Crippen molar-refractivity contribution < 1.29 is 4.74 Å². The van der Waals surface area contributed by atoms with Gasteiger partial charge in [-0.3, -0.25) is 4.98 Å². The molecule has 1 aromatic rings. The number of hydrogen-bond donors (Lipinski definition) is 1. The molecule has 0 radical (unpaired) electrons. The number of aromatic nitrogens is 1. The second-order valence-electron chi connectivity index (χ2n) is 3.66. The highest BCUT2D eigenvalue weighted by atomic mass is 16.5. The van der Waals surface area contributed by atoms with Crippen molar-refractivity contribution >= 4 is 0 Å². The Kier molecular flexibility index (Phi) is 3.89. The average molecular weight is 194 g/mol.